The topological polar surface area (TPSA) is 61.1 Å². The fourth-order valence-corrected chi connectivity index (χ4v) is 2.14. The van der Waals surface area contributed by atoms with Gasteiger partial charge < -0.3 is 5.11 Å². The quantitative estimate of drug-likeness (QED) is 0.902. The van der Waals surface area contributed by atoms with E-state index in [-0.39, 0.29) is 0 Å². The highest BCUT2D eigenvalue weighted by molar-refractivity contribution is 5.89. The van der Waals surface area contributed by atoms with Crippen LogP contribution in [0.3, 0.4) is 0 Å². The molecule has 0 aliphatic rings. The highest BCUT2D eigenvalue weighted by Crippen LogP contribution is 2.13. The number of nitriles is 1. The molecule has 0 spiro atoms. The molecular formula is C17H15NO2. The van der Waals surface area contributed by atoms with Crippen LogP contribution in [0.5, 0.6) is 0 Å². The van der Waals surface area contributed by atoms with Crippen molar-refractivity contribution >= 4 is 5.97 Å². The van der Waals surface area contributed by atoms with Gasteiger partial charge in [0.15, 0.2) is 0 Å². The Labute approximate surface area is 118 Å². The van der Waals surface area contributed by atoms with Gasteiger partial charge in [-0.15, -0.1) is 0 Å². The Kier molecular flexibility index (Phi) is 4.52. The molecule has 0 radical (unpaired) electrons. The van der Waals surface area contributed by atoms with Gasteiger partial charge >= 0.3 is 5.97 Å². The number of aryl methyl sites for hydroxylation is 2. The molecular weight excluding hydrogens is 250 g/mol. The number of hydrogen-bond donors (Lipinski definition) is 1. The van der Waals surface area contributed by atoms with Gasteiger partial charge in [-0.05, 0) is 35.6 Å². The maximum Gasteiger partial charge on any atom is 0.335 e. The van der Waals surface area contributed by atoms with Crippen LogP contribution in [0.1, 0.15) is 27.0 Å². The summed E-state index contributed by atoms with van der Waals surface area (Å²) in [5, 5.41) is 17.7. The van der Waals surface area contributed by atoms with Crippen molar-refractivity contribution in [2.45, 2.75) is 19.3 Å². The molecule has 0 atom stereocenters. The summed E-state index contributed by atoms with van der Waals surface area (Å²) in [5.74, 6) is -0.884. The average molecular weight is 265 g/mol. The molecule has 2 aromatic rings. The summed E-state index contributed by atoms with van der Waals surface area (Å²) in [4.78, 5) is 11.1. The van der Waals surface area contributed by atoms with Gasteiger partial charge in [-0.3, -0.25) is 0 Å². The molecule has 0 aliphatic carbocycles. The SMILES string of the molecule is N#CCc1ccc(CCc2ccccc2C(=O)O)cc1. The maximum absolute atomic E-state index is 11.1. The first-order valence-electron chi connectivity index (χ1n) is 6.46. The smallest absolute Gasteiger partial charge is 0.335 e. The van der Waals surface area contributed by atoms with Gasteiger partial charge in [0.2, 0.25) is 0 Å². The molecule has 0 bridgehead atoms. The molecule has 0 aliphatic heterocycles. The largest absolute Gasteiger partial charge is 0.478 e. The van der Waals surface area contributed by atoms with E-state index in [1.165, 1.54) is 0 Å². The van der Waals surface area contributed by atoms with E-state index in [0.29, 0.717) is 18.4 Å². The van der Waals surface area contributed by atoms with Gasteiger partial charge in [-0.25, -0.2) is 4.79 Å². The minimum atomic E-state index is -0.884. The molecule has 0 fully saturated rings. The third kappa shape index (κ3) is 3.46. The van der Waals surface area contributed by atoms with Crippen molar-refractivity contribution < 1.29 is 9.90 Å². The Morgan fingerprint density at radius 2 is 1.65 bits per heavy atom. The van der Waals surface area contributed by atoms with E-state index in [9.17, 15) is 4.79 Å². The van der Waals surface area contributed by atoms with Crippen LogP contribution in [0.4, 0.5) is 0 Å². The Morgan fingerprint density at radius 3 is 2.30 bits per heavy atom. The van der Waals surface area contributed by atoms with E-state index in [1.807, 2.05) is 36.4 Å². The van der Waals surface area contributed by atoms with E-state index < -0.39 is 5.97 Å². The molecule has 0 unspecified atom stereocenters. The Bertz CT molecular complexity index is 639. The Hall–Kier alpha value is -2.60. The summed E-state index contributed by atoms with van der Waals surface area (Å²) in [5.41, 5.74) is 3.36. The number of benzene rings is 2. The Morgan fingerprint density at radius 1 is 1.00 bits per heavy atom. The van der Waals surface area contributed by atoms with Gasteiger partial charge in [0, 0.05) is 0 Å². The van der Waals surface area contributed by atoms with Gasteiger partial charge in [-0.1, -0.05) is 42.5 Å². The van der Waals surface area contributed by atoms with Crippen LogP contribution in [0.15, 0.2) is 48.5 Å². The number of hydrogen-bond acceptors (Lipinski definition) is 2. The lowest BCUT2D eigenvalue weighted by Gasteiger charge is -2.06. The standard InChI is InChI=1S/C17H15NO2/c18-12-11-14-7-5-13(6-8-14)9-10-15-3-1-2-4-16(15)17(19)20/h1-8H,9-11H2,(H,19,20). The molecule has 0 saturated heterocycles. The molecule has 0 aromatic heterocycles. The summed E-state index contributed by atoms with van der Waals surface area (Å²) >= 11 is 0. The second kappa shape index (κ2) is 6.53. The van der Waals surface area contributed by atoms with E-state index in [2.05, 4.69) is 6.07 Å². The molecule has 3 heteroatoms. The van der Waals surface area contributed by atoms with Crippen LogP contribution in [0, 0.1) is 11.3 Å². The van der Waals surface area contributed by atoms with E-state index in [1.54, 1.807) is 12.1 Å². The third-order valence-corrected chi connectivity index (χ3v) is 3.24. The number of carboxylic acid groups (broad SMARTS) is 1. The van der Waals surface area contributed by atoms with Crippen molar-refractivity contribution in [3.63, 3.8) is 0 Å². The van der Waals surface area contributed by atoms with Crippen molar-refractivity contribution in [1.82, 2.24) is 0 Å². The molecule has 0 saturated carbocycles. The number of carbonyl (C=O) groups is 1. The zero-order valence-electron chi connectivity index (χ0n) is 11.0. The molecule has 2 aromatic carbocycles. The van der Waals surface area contributed by atoms with Crippen LogP contribution in [-0.2, 0) is 19.3 Å². The van der Waals surface area contributed by atoms with Crippen molar-refractivity contribution in [3.8, 4) is 6.07 Å². The normalized spacial score (nSPS) is 9.95. The number of aromatic carboxylic acids is 1. The molecule has 0 amide bonds. The molecule has 20 heavy (non-hydrogen) atoms. The number of nitrogens with zero attached hydrogens (tertiary/aromatic N) is 1. The first-order valence-corrected chi connectivity index (χ1v) is 6.46. The summed E-state index contributed by atoms with van der Waals surface area (Å²) in [6.07, 6.45) is 1.90. The first kappa shape index (κ1) is 13.8. The lowest BCUT2D eigenvalue weighted by Crippen LogP contribution is -2.03. The summed E-state index contributed by atoms with van der Waals surface area (Å²) in [6.45, 7) is 0. The summed E-state index contributed by atoms with van der Waals surface area (Å²) < 4.78 is 0. The lowest BCUT2D eigenvalue weighted by molar-refractivity contribution is 0.0695. The molecule has 100 valence electrons. The van der Waals surface area contributed by atoms with Gasteiger partial charge in [0.25, 0.3) is 0 Å². The summed E-state index contributed by atoms with van der Waals surface area (Å²) in [7, 11) is 0. The van der Waals surface area contributed by atoms with Crippen LogP contribution >= 0.6 is 0 Å². The molecule has 0 heterocycles. The first-order chi connectivity index (χ1) is 9.70. The fourth-order valence-electron chi connectivity index (χ4n) is 2.14. The minimum Gasteiger partial charge on any atom is -0.478 e. The Balaban J connectivity index is 2.05. The van der Waals surface area contributed by atoms with Gasteiger partial charge in [0.05, 0.1) is 18.1 Å². The zero-order valence-corrected chi connectivity index (χ0v) is 11.0. The highest BCUT2D eigenvalue weighted by atomic mass is 16.4. The van der Waals surface area contributed by atoms with Crippen molar-refractivity contribution in [2.75, 3.05) is 0 Å². The number of carboxylic acids is 1. The van der Waals surface area contributed by atoms with Crippen LogP contribution in [0.2, 0.25) is 0 Å². The highest BCUT2D eigenvalue weighted by Gasteiger charge is 2.08. The average Bonchev–Trinajstić information content (AvgIpc) is 2.47. The van der Waals surface area contributed by atoms with Gasteiger partial charge in [0.1, 0.15) is 0 Å². The van der Waals surface area contributed by atoms with E-state index in [0.717, 1.165) is 23.1 Å². The lowest BCUT2D eigenvalue weighted by atomic mass is 9.99. The van der Waals surface area contributed by atoms with Crippen molar-refractivity contribution in [2.24, 2.45) is 0 Å². The van der Waals surface area contributed by atoms with Crippen LogP contribution in [-0.4, -0.2) is 11.1 Å². The van der Waals surface area contributed by atoms with Crippen LogP contribution in [0.25, 0.3) is 0 Å². The second-order valence-electron chi connectivity index (χ2n) is 4.61. The predicted octanol–water partition coefficient (Wildman–Crippen LogP) is 3.24. The van der Waals surface area contributed by atoms with Crippen molar-refractivity contribution in [1.29, 1.82) is 5.26 Å². The van der Waals surface area contributed by atoms with Crippen molar-refractivity contribution in [3.05, 3.63) is 70.8 Å². The predicted molar refractivity (Wildman–Crippen MR) is 76.6 cm³/mol. The van der Waals surface area contributed by atoms with E-state index in [4.69, 9.17) is 10.4 Å². The minimum absolute atomic E-state index is 0.369. The van der Waals surface area contributed by atoms with Gasteiger partial charge in [-0.2, -0.15) is 5.26 Å². The maximum atomic E-state index is 11.1. The number of rotatable bonds is 5. The zero-order chi connectivity index (χ0) is 14.4. The molecule has 2 rings (SSSR count). The third-order valence-electron chi connectivity index (χ3n) is 3.24. The fraction of sp³-hybridized carbons (Fsp3) is 0.176. The second-order valence-corrected chi connectivity index (χ2v) is 4.61. The monoisotopic (exact) mass is 265 g/mol. The summed E-state index contributed by atoms with van der Waals surface area (Å²) in [6, 6.07) is 17.1. The molecule has 3 nitrogen and oxygen atoms in total. The van der Waals surface area contributed by atoms with Crippen LogP contribution < -0.4 is 0 Å². The van der Waals surface area contributed by atoms with E-state index >= 15 is 0 Å². The molecule has 1 N–H and O–H groups in total.